The number of aromatic carboxylic acids is 1. The van der Waals surface area contributed by atoms with E-state index in [0.29, 0.717) is 28.8 Å². The normalized spacial score (nSPS) is 11.3. The fraction of sp³-hybridized carbons (Fsp3) is 0.0370. The average molecular weight is 471 g/mol. The number of ether oxygens (including phenoxy) is 1. The molecule has 0 saturated heterocycles. The molecule has 0 saturated carbocycles. The van der Waals surface area contributed by atoms with Crippen molar-refractivity contribution in [3.63, 3.8) is 0 Å². The van der Waals surface area contributed by atoms with E-state index < -0.39 is 5.97 Å². The third-order valence-corrected chi connectivity index (χ3v) is 5.47. The highest BCUT2D eigenvalue weighted by Gasteiger charge is 2.12. The van der Waals surface area contributed by atoms with E-state index >= 15 is 0 Å². The average Bonchev–Trinajstić information content (AvgIpc) is 3.44. The summed E-state index contributed by atoms with van der Waals surface area (Å²) in [6.07, 6.45) is 3.80. The van der Waals surface area contributed by atoms with E-state index in [2.05, 4.69) is 4.99 Å². The zero-order chi connectivity index (χ0) is 23.5. The van der Waals surface area contributed by atoms with E-state index in [1.165, 1.54) is 6.07 Å². The summed E-state index contributed by atoms with van der Waals surface area (Å²) in [4.78, 5) is 15.7. The van der Waals surface area contributed by atoms with Gasteiger partial charge in [0.15, 0.2) is 0 Å². The van der Waals surface area contributed by atoms with Gasteiger partial charge in [0.25, 0.3) is 0 Å². The lowest BCUT2D eigenvalue weighted by atomic mass is 10.2. The van der Waals surface area contributed by atoms with Crippen LogP contribution in [0.2, 0.25) is 5.02 Å². The van der Waals surface area contributed by atoms with Crippen LogP contribution < -0.4 is 4.74 Å². The number of carboxylic acid groups (broad SMARTS) is 1. The smallest absolute Gasteiger partial charge is 0.371 e. The van der Waals surface area contributed by atoms with Crippen molar-refractivity contribution in [3.05, 3.63) is 113 Å². The zero-order valence-corrected chi connectivity index (χ0v) is 18.6. The molecular weight excluding hydrogens is 452 g/mol. The van der Waals surface area contributed by atoms with Gasteiger partial charge in [0.1, 0.15) is 17.3 Å². The number of aliphatic imine (C=N–C) groups is 1. The molecule has 1 N–H and O–H groups in total. The predicted octanol–water partition coefficient (Wildman–Crippen LogP) is 7.18. The summed E-state index contributed by atoms with van der Waals surface area (Å²) >= 11 is 6.01. The molecule has 2 aromatic heterocycles. The lowest BCUT2D eigenvalue weighted by Gasteiger charge is -2.05. The van der Waals surface area contributed by atoms with Gasteiger partial charge in [0, 0.05) is 33.9 Å². The maximum Gasteiger partial charge on any atom is 0.371 e. The summed E-state index contributed by atoms with van der Waals surface area (Å²) < 4.78 is 13.3. The number of nitrogens with zero attached hydrogens (tertiary/aromatic N) is 2. The van der Waals surface area contributed by atoms with Crippen LogP contribution in [-0.2, 0) is 6.54 Å². The van der Waals surface area contributed by atoms with Crippen LogP contribution >= 0.6 is 11.6 Å². The minimum absolute atomic E-state index is 0.0731. The van der Waals surface area contributed by atoms with Crippen LogP contribution in [0.25, 0.3) is 10.9 Å². The molecule has 0 radical (unpaired) electrons. The molecule has 6 nitrogen and oxygen atoms in total. The molecule has 168 valence electrons. The fourth-order valence-electron chi connectivity index (χ4n) is 3.67. The molecule has 0 atom stereocenters. The summed E-state index contributed by atoms with van der Waals surface area (Å²) in [6.45, 7) is 0.414. The molecule has 34 heavy (non-hydrogen) atoms. The Morgan fingerprint density at radius 1 is 1.00 bits per heavy atom. The van der Waals surface area contributed by atoms with E-state index in [4.69, 9.17) is 25.9 Å². The molecule has 7 heteroatoms. The van der Waals surface area contributed by atoms with Crippen molar-refractivity contribution in [1.29, 1.82) is 0 Å². The quantitative estimate of drug-likeness (QED) is 0.255. The van der Waals surface area contributed by atoms with Gasteiger partial charge in [-0.3, -0.25) is 4.99 Å². The predicted molar refractivity (Wildman–Crippen MR) is 132 cm³/mol. The summed E-state index contributed by atoms with van der Waals surface area (Å²) in [5.74, 6) is 0.772. The van der Waals surface area contributed by atoms with Gasteiger partial charge in [0.05, 0.1) is 12.2 Å². The molecule has 0 aliphatic carbocycles. The number of hydrogen-bond donors (Lipinski definition) is 1. The second kappa shape index (κ2) is 9.29. The maximum absolute atomic E-state index is 11.1. The second-order valence-electron chi connectivity index (χ2n) is 7.61. The Labute approximate surface area is 200 Å². The SMILES string of the molecule is O=C(O)c1ccc(Cn2cc(C=Nc3ccc(Oc4cccc(Cl)c4)cc3)c3ccccc32)o1. The highest BCUT2D eigenvalue weighted by Crippen LogP contribution is 2.27. The first-order valence-corrected chi connectivity index (χ1v) is 10.9. The number of carboxylic acids is 1. The third-order valence-electron chi connectivity index (χ3n) is 5.24. The van der Waals surface area contributed by atoms with Crippen LogP contribution in [0.15, 0.2) is 101 Å². The van der Waals surface area contributed by atoms with Crippen LogP contribution in [0.4, 0.5) is 5.69 Å². The maximum atomic E-state index is 11.1. The standard InChI is InChI=1S/C27H19ClN2O4/c28-19-4-3-5-22(14-19)33-21-10-8-20(9-11-21)29-15-18-16-30(25-7-2-1-6-24(18)25)17-23-12-13-26(34-23)27(31)32/h1-16H,17H2,(H,31,32). The minimum Gasteiger partial charge on any atom is -0.475 e. The van der Waals surface area contributed by atoms with Crippen LogP contribution in [-0.4, -0.2) is 21.9 Å². The van der Waals surface area contributed by atoms with Crippen LogP contribution in [0.3, 0.4) is 0 Å². The number of para-hydroxylation sites is 1. The first-order valence-electron chi connectivity index (χ1n) is 10.5. The van der Waals surface area contributed by atoms with Gasteiger partial charge in [-0.2, -0.15) is 0 Å². The lowest BCUT2D eigenvalue weighted by Crippen LogP contribution is -1.97. The van der Waals surface area contributed by atoms with Gasteiger partial charge in [-0.25, -0.2) is 4.79 Å². The minimum atomic E-state index is -1.08. The Balaban J connectivity index is 1.36. The van der Waals surface area contributed by atoms with Crippen molar-refractivity contribution in [1.82, 2.24) is 4.57 Å². The summed E-state index contributed by atoms with van der Waals surface area (Å²) in [5.41, 5.74) is 2.73. The van der Waals surface area contributed by atoms with Crippen LogP contribution in [0, 0.1) is 0 Å². The van der Waals surface area contributed by atoms with Crippen LogP contribution in [0.1, 0.15) is 21.9 Å². The second-order valence-corrected chi connectivity index (χ2v) is 8.05. The molecule has 0 fully saturated rings. The van der Waals surface area contributed by atoms with Crippen molar-refractivity contribution in [2.75, 3.05) is 0 Å². The van der Waals surface area contributed by atoms with Gasteiger partial charge in [-0.15, -0.1) is 0 Å². The van der Waals surface area contributed by atoms with Gasteiger partial charge in [0.2, 0.25) is 5.76 Å². The molecule has 3 aromatic carbocycles. The van der Waals surface area contributed by atoms with Gasteiger partial charge >= 0.3 is 5.97 Å². The Morgan fingerprint density at radius 2 is 1.82 bits per heavy atom. The zero-order valence-electron chi connectivity index (χ0n) is 17.9. The van der Waals surface area contributed by atoms with Crippen molar-refractivity contribution >= 4 is 40.4 Å². The molecular formula is C27H19ClN2O4. The van der Waals surface area contributed by atoms with E-state index in [1.54, 1.807) is 18.2 Å². The number of furan rings is 1. The van der Waals surface area contributed by atoms with Crippen LogP contribution in [0.5, 0.6) is 11.5 Å². The summed E-state index contributed by atoms with van der Waals surface area (Å²) in [7, 11) is 0. The highest BCUT2D eigenvalue weighted by atomic mass is 35.5. The van der Waals surface area contributed by atoms with Gasteiger partial charge in [-0.05, 0) is 60.7 Å². The van der Waals surface area contributed by atoms with Gasteiger partial charge < -0.3 is 18.8 Å². The first kappa shape index (κ1) is 21.6. The number of fused-ring (bicyclic) bond motifs is 1. The number of carbonyl (C=O) groups is 1. The molecule has 0 spiro atoms. The topological polar surface area (TPSA) is 77.0 Å². The molecule has 5 rings (SSSR count). The number of halogens is 1. The summed E-state index contributed by atoms with van der Waals surface area (Å²) in [6, 6.07) is 25.8. The molecule has 5 aromatic rings. The van der Waals surface area contributed by atoms with Crippen molar-refractivity contribution in [3.8, 4) is 11.5 Å². The van der Waals surface area contributed by atoms with E-state index in [1.807, 2.05) is 77.6 Å². The van der Waals surface area contributed by atoms with Crippen molar-refractivity contribution in [2.24, 2.45) is 4.99 Å². The Kier molecular flexibility index (Phi) is 5.89. The Morgan fingerprint density at radius 3 is 2.59 bits per heavy atom. The molecule has 0 bridgehead atoms. The highest BCUT2D eigenvalue weighted by molar-refractivity contribution is 6.30. The molecule has 0 unspecified atom stereocenters. The van der Waals surface area contributed by atoms with E-state index in [-0.39, 0.29) is 5.76 Å². The number of benzene rings is 3. The van der Waals surface area contributed by atoms with Crippen molar-refractivity contribution in [2.45, 2.75) is 6.54 Å². The Hall–Kier alpha value is -4.29. The van der Waals surface area contributed by atoms with Gasteiger partial charge in [-0.1, -0.05) is 35.9 Å². The van der Waals surface area contributed by atoms with Crippen molar-refractivity contribution < 1.29 is 19.1 Å². The third kappa shape index (κ3) is 4.72. The largest absolute Gasteiger partial charge is 0.475 e. The number of hydrogen-bond acceptors (Lipinski definition) is 4. The monoisotopic (exact) mass is 470 g/mol. The van der Waals surface area contributed by atoms with E-state index in [9.17, 15) is 4.79 Å². The number of rotatable bonds is 7. The summed E-state index contributed by atoms with van der Waals surface area (Å²) in [5, 5.41) is 10.7. The first-order chi connectivity index (χ1) is 16.5. The fourth-order valence-corrected chi connectivity index (χ4v) is 3.85. The molecule has 0 aliphatic rings. The lowest BCUT2D eigenvalue weighted by molar-refractivity contribution is 0.0660. The van der Waals surface area contributed by atoms with E-state index in [0.717, 1.165) is 22.2 Å². The molecule has 0 amide bonds. The Bertz CT molecular complexity index is 1500. The molecule has 0 aliphatic heterocycles. The number of aromatic nitrogens is 1. The molecule has 2 heterocycles.